The van der Waals surface area contributed by atoms with Gasteiger partial charge in [-0.05, 0) is 35.9 Å². The van der Waals surface area contributed by atoms with Crippen molar-refractivity contribution in [2.45, 2.75) is 20.0 Å². The second-order valence-electron chi connectivity index (χ2n) is 7.77. The van der Waals surface area contributed by atoms with Gasteiger partial charge in [0.25, 0.3) is 0 Å². The molecule has 7 nitrogen and oxygen atoms in total. The Labute approximate surface area is 183 Å². The maximum atomic E-state index is 12.5. The molecule has 0 bridgehead atoms. The Kier molecular flexibility index (Phi) is 6.84. The van der Waals surface area contributed by atoms with E-state index in [9.17, 15) is 4.79 Å². The molecule has 2 N–H and O–H groups in total. The summed E-state index contributed by atoms with van der Waals surface area (Å²) in [7, 11) is 0. The van der Waals surface area contributed by atoms with Crippen LogP contribution in [0.5, 0.6) is 0 Å². The van der Waals surface area contributed by atoms with Gasteiger partial charge >= 0.3 is 6.03 Å². The van der Waals surface area contributed by atoms with Gasteiger partial charge in [0.2, 0.25) is 0 Å². The van der Waals surface area contributed by atoms with Gasteiger partial charge in [-0.1, -0.05) is 43.3 Å². The fourth-order valence-electron chi connectivity index (χ4n) is 3.85. The number of piperazine rings is 1. The second kappa shape index (κ2) is 10.1. The molecule has 0 spiro atoms. The third kappa shape index (κ3) is 5.64. The average molecular weight is 419 g/mol. The number of nitrogens with zero attached hydrogens (tertiary/aromatic N) is 4. The highest BCUT2D eigenvalue weighted by molar-refractivity contribution is 5.93. The fraction of sp³-hybridized carbons (Fsp3) is 0.333. The molecule has 31 heavy (non-hydrogen) atoms. The van der Waals surface area contributed by atoms with Crippen molar-refractivity contribution in [2.24, 2.45) is 0 Å². The highest BCUT2D eigenvalue weighted by Crippen LogP contribution is 2.26. The Morgan fingerprint density at radius 2 is 1.71 bits per heavy atom. The average Bonchev–Trinajstić information content (AvgIpc) is 3.32. The van der Waals surface area contributed by atoms with Crippen molar-refractivity contribution in [3.8, 4) is 0 Å². The molecule has 1 aromatic heterocycles. The SMILES string of the molecule is CCN1CCN(c2ccccc2NC(=O)NCc2ccc(Cn3cccn3)cc2)CC1. The van der Waals surface area contributed by atoms with E-state index in [2.05, 4.69) is 50.7 Å². The molecule has 3 aromatic rings. The molecule has 162 valence electrons. The molecule has 1 saturated heterocycles. The smallest absolute Gasteiger partial charge is 0.319 e. The number of amides is 2. The van der Waals surface area contributed by atoms with Gasteiger partial charge in [0.1, 0.15) is 0 Å². The molecule has 4 rings (SSSR count). The van der Waals surface area contributed by atoms with Crippen LogP contribution in [0, 0.1) is 0 Å². The monoisotopic (exact) mass is 418 g/mol. The van der Waals surface area contributed by atoms with Gasteiger partial charge < -0.3 is 20.4 Å². The maximum absolute atomic E-state index is 12.5. The summed E-state index contributed by atoms with van der Waals surface area (Å²) in [6.07, 6.45) is 3.72. The number of likely N-dealkylation sites (N-methyl/N-ethyl adjacent to an activating group) is 1. The minimum Gasteiger partial charge on any atom is -0.367 e. The van der Waals surface area contributed by atoms with E-state index >= 15 is 0 Å². The Balaban J connectivity index is 1.30. The lowest BCUT2D eigenvalue weighted by molar-refractivity contribution is 0.251. The zero-order chi connectivity index (χ0) is 21.5. The van der Waals surface area contributed by atoms with Crippen molar-refractivity contribution >= 4 is 17.4 Å². The van der Waals surface area contributed by atoms with E-state index < -0.39 is 0 Å². The summed E-state index contributed by atoms with van der Waals surface area (Å²) in [6.45, 7) is 8.54. The highest BCUT2D eigenvalue weighted by atomic mass is 16.2. The van der Waals surface area contributed by atoms with E-state index in [-0.39, 0.29) is 6.03 Å². The van der Waals surface area contributed by atoms with Gasteiger partial charge in [-0.2, -0.15) is 5.10 Å². The molecule has 0 saturated carbocycles. The van der Waals surface area contributed by atoms with E-state index in [1.165, 1.54) is 5.56 Å². The molecule has 2 aromatic carbocycles. The van der Waals surface area contributed by atoms with Crippen LogP contribution in [0.3, 0.4) is 0 Å². The summed E-state index contributed by atoms with van der Waals surface area (Å²) in [5.74, 6) is 0. The minimum atomic E-state index is -0.194. The largest absolute Gasteiger partial charge is 0.367 e. The standard InChI is InChI=1S/C24H30N6O/c1-2-28-14-16-29(17-15-28)23-7-4-3-6-22(23)27-24(31)25-18-20-8-10-21(11-9-20)19-30-13-5-12-26-30/h3-13H,2,14-19H2,1H3,(H2,25,27,31). The molecule has 0 atom stereocenters. The number of urea groups is 1. The quantitative estimate of drug-likeness (QED) is 0.617. The van der Waals surface area contributed by atoms with E-state index in [0.717, 1.165) is 56.2 Å². The van der Waals surface area contributed by atoms with Gasteiger partial charge in [0.15, 0.2) is 0 Å². The van der Waals surface area contributed by atoms with Crippen LogP contribution in [-0.2, 0) is 13.1 Å². The molecule has 0 radical (unpaired) electrons. The number of rotatable bonds is 7. The normalized spacial score (nSPS) is 14.4. The lowest BCUT2D eigenvalue weighted by atomic mass is 10.1. The highest BCUT2D eigenvalue weighted by Gasteiger charge is 2.18. The van der Waals surface area contributed by atoms with Gasteiger partial charge in [0.05, 0.1) is 17.9 Å². The molecule has 0 unspecified atom stereocenters. The van der Waals surface area contributed by atoms with Crippen molar-refractivity contribution in [1.29, 1.82) is 0 Å². The maximum Gasteiger partial charge on any atom is 0.319 e. The van der Waals surface area contributed by atoms with Crippen LogP contribution < -0.4 is 15.5 Å². The Morgan fingerprint density at radius 1 is 0.968 bits per heavy atom. The molecule has 1 aliphatic heterocycles. The number of carbonyl (C=O) groups is 1. The number of para-hydroxylation sites is 2. The molecule has 0 aliphatic carbocycles. The van der Waals surface area contributed by atoms with Crippen molar-refractivity contribution in [3.05, 3.63) is 78.1 Å². The molecule has 2 heterocycles. The minimum absolute atomic E-state index is 0.194. The van der Waals surface area contributed by atoms with Gasteiger partial charge in [-0.3, -0.25) is 4.68 Å². The number of aromatic nitrogens is 2. The number of hydrogen-bond acceptors (Lipinski definition) is 4. The first-order chi connectivity index (χ1) is 15.2. The van der Waals surface area contributed by atoms with Crippen LogP contribution in [0.2, 0.25) is 0 Å². The molecule has 7 heteroatoms. The molecular formula is C24H30N6O. The summed E-state index contributed by atoms with van der Waals surface area (Å²) >= 11 is 0. The number of carbonyl (C=O) groups excluding carboxylic acids is 1. The Bertz CT molecular complexity index is 962. The first kappa shape index (κ1) is 20.9. The van der Waals surface area contributed by atoms with Crippen molar-refractivity contribution in [1.82, 2.24) is 20.0 Å². The summed E-state index contributed by atoms with van der Waals surface area (Å²) < 4.78 is 1.89. The third-order valence-corrected chi connectivity index (χ3v) is 5.69. The van der Waals surface area contributed by atoms with E-state index in [0.29, 0.717) is 6.54 Å². The van der Waals surface area contributed by atoms with E-state index in [4.69, 9.17) is 0 Å². The first-order valence-electron chi connectivity index (χ1n) is 10.9. The summed E-state index contributed by atoms with van der Waals surface area (Å²) in [6, 6.07) is 18.0. The number of anilines is 2. The summed E-state index contributed by atoms with van der Waals surface area (Å²) in [5.41, 5.74) is 4.16. The Morgan fingerprint density at radius 3 is 2.42 bits per heavy atom. The summed E-state index contributed by atoms with van der Waals surface area (Å²) in [5, 5.41) is 10.2. The van der Waals surface area contributed by atoms with Gasteiger partial charge in [-0.15, -0.1) is 0 Å². The molecule has 1 aliphatic rings. The predicted octanol–water partition coefficient (Wildman–Crippen LogP) is 3.40. The molecule has 1 fully saturated rings. The van der Waals surface area contributed by atoms with Crippen LogP contribution in [0.25, 0.3) is 0 Å². The molecule has 2 amide bonds. The van der Waals surface area contributed by atoms with Gasteiger partial charge in [0, 0.05) is 45.1 Å². The number of nitrogens with one attached hydrogen (secondary N) is 2. The van der Waals surface area contributed by atoms with Crippen LogP contribution in [0.4, 0.5) is 16.2 Å². The zero-order valence-electron chi connectivity index (χ0n) is 18.0. The van der Waals surface area contributed by atoms with Crippen LogP contribution >= 0.6 is 0 Å². The van der Waals surface area contributed by atoms with Crippen LogP contribution in [0.1, 0.15) is 18.1 Å². The lowest BCUT2D eigenvalue weighted by Gasteiger charge is -2.36. The van der Waals surface area contributed by atoms with Crippen LogP contribution in [0.15, 0.2) is 67.0 Å². The fourth-order valence-corrected chi connectivity index (χ4v) is 3.85. The predicted molar refractivity (Wildman–Crippen MR) is 124 cm³/mol. The second-order valence-corrected chi connectivity index (χ2v) is 7.77. The molecular weight excluding hydrogens is 388 g/mol. The topological polar surface area (TPSA) is 65.4 Å². The van der Waals surface area contributed by atoms with Gasteiger partial charge in [-0.25, -0.2) is 4.79 Å². The van der Waals surface area contributed by atoms with Crippen molar-refractivity contribution in [2.75, 3.05) is 42.9 Å². The first-order valence-corrected chi connectivity index (χ1v) is 10.9. The number of hydrogen-bond donors (Lipinski definition) is 2. The zero-order valence-corrected chi connectivity index (χ0v) is 18.0. The van der Waals surface area contributed by atoms with Crippen LogP contribution in [-0.4, -0.2) is 53.4 Å². The van der Waals surface area contributed by atoms with E-state index in [1.54, 1.807) is 6.20 Å². The van der Waals surface area contributed by atoms with Crippen molar-refractivity contribution < 1.29 is 4.79 Å². The summed E-state index contributed by atoms with van der Waals surface area (Å²) in [4.78, 5) is 17.3. The third-order valence-electron chi connectivity index (χ3n) is 5.69. The lowest BCUT2D eigenvalue weighted by Crippen LogP contribution is -2.46. The Hall–Kier alpha value is -3.32. The number of benzene rings is 2. The van der Waals surface area contributed by atoms with Crippen molar-refractivity contribution in [3.63, 3.8) is 0 Å². The van der Waals surface area contributed by atoms with E-state index in [1.807, 2.05) is 47.3 Å².